The highest BCUT2D eigenvalue weighted by molar-refractivity contribution is 6.07. The number of aliphatic hydroxyl groups is 2. The van der Waals surface area contributed by atoms with Gasteiger partial charge in [-0.2, -0.15) is 0 Å². The summed E-state index contributed by atoms with van der Waals surface area (Å²) in [5.74, 6) is -0.761. The van der Waals surface area contributed by atoms with E-state index in [0.717, 1.165) is 0 Å². The normalized spacial score (nSPS) is 29.5. The molecule has 2 aliphatic rings. The molecule has 4 N–H and O–H groups in total. The molecule has 0 saturated carbocycles. The molecular formula is C17H23N3O4. The van der Waals surface area contributed by atoms with Crippen molar-refractivity contribution in [1.82, 2.24) is 5.32 Å². The number of hydrogen-bond acceptors (Lipinski definition) is 5. The van der Waals surface area contributed by atoms with Crippen molar-refractivity contribution >= 4 is 23.2 Å². The van der Waals surface area contributed by atoms with Gasteiger partial charge in [0.1, 0.15) is 6.04 Å². The molecule has 0 radical (unpaired) electrons. The molecule has 3 unspecified atom stereocenters. The fraction of sp³-hybridized carbons (Fsp3) is 0.529. The molecule has 2 heterocycles. The minimum atomic E-state index is -1.78. The second-order valence-electron chi connectivity index (χ2n) is 6.91. The summed E-state index contributed by atoms with van der Waals surface area (Å²) in [4.78, 5) is 26.9. The molecule has 0 fully saturated rings. The third kappa shape index (κ3) is 2.35. The maximum Gasteiger partial charge on any atom is 0.261 e. The topological polar surface area (TPSA) is 102 Å². The highest BCUT2D eigenvalue weighted by atomic mass is 16.3. The lowest BCUT2D eigenvalue weighted by molar-refractivity contribution is -0.136. The predicted molar refractivity (Wildman–Crippen MR) is 89.6 cm³/mol. The Morgan fingerprint density at radius 3 is 2.71 bits per heavy atom. The molecule has 0 saturated heterocycles. The third-order valence-corrected chi connectivity index (χ3v) is 4.89. The van der Waals surface area contributed by atoms with Gasteiger partial charge in [0, 0.05) is 30.4 Å². The van der Waals surface area contributed by atoms with Crippen LogP contribution in [0.4, 0.5) is 11.4 Å². The minimum Gasteiger partial charge on any atom is -0.394 e. The fourth-order valence-corrected chi connectivity index (χ4v) is 3.79. The van der Waals surface area contributed by atoms with Crippen LogP contribution in [-0.4, -0.2) is 47.8 Å². The number of aliphatic hydroxyl groups excluding tert-OH is 1. The quantitative estimate of drug-likeness (QED) is 0.618. The average Bonchev–Trinajstić information content (AvgIpc) is 2.78. The zero-order chi connectivity index (χ0) is 17.6. The van der Waals surface area contributed by atoms with Gasteiger partial charge in [-0.1, -0.05) is 19.9 Å². The van der Waals surface area contributed by atoms with Crippen molar-refractivity contribution in [2.75, 3.05) is 23.9 Å². The number of likely N-dealkylation sites (N-methyl/N-ethyl adjacent to an activating group) is 1. The number of anilines is 2. The van der Waals surface area contributed by atoms with Crippen LogP contribution in [0.3, 0.4) is 0 Å². The Morgan fingerprint density at radius 2 is 2.08 bits per heavy atom. The van der Waals surface area contributed by atoms with Gasteiger partial charge in [-0.3, -0.25) is 9.59 Å². The summed E-state index contributed by atoms with van der Waals surface area (Å²) in [5, 5.41) is 26.2. The molecule has 130 valence electrons. The monoisotopic (exact) mass is 333 g/mol. The second-order valence-corrected chi connectivity index (χ2v) is 6.91. The Labute approximate surface area is 140 Å². The Morgan fingerprint density at radius 1 is 1.38 bits per heavy atom. The van der Waals surface area contributed by atoms with E-state index in [4.69, 9.17) is 0 Å². The smallest absolute Gasteiger partial charge is 0.261 e. The van der Waals surface area contributed by atoms with E-state index in [9.17, 15) is 19.8 Å². The van der Waals surface area contributed by atoms with Gasteiger partial charge in [0.05, 0.1) is 12.6 Å². The van der Waals surface area contributed by atoms with Gasteiger partial charge >= 0.3 is 0 Å². The Kier molecular flexibility index (Phi) is 4.01. The first-order valence-electron chi connectivity index (χ1n) is 8.11. The van der Waals surface area contributed by atoms with Gasteiger partial charge in [0.15, 0.2) is 5.60 Å². The largest absolute Gasteiger partial charge is 0.394 e. The van der Waals surface area contributed by atoms with Crippen LogP contribution >= 0.6 is 0 Å². The summed E-state index contributed by atoms with van der Waals surface area (Å²) in [6.07, 6.45) is -0.0796. The van der Waals surface area contributed by atoms with Crippen molar-refractivity contribution in [3.8, 4) is 0 Å². The van der Waals surface area contributed by atoms with E-state index in [1.165, 1.54) is 0 Å². The van der Waals surface area contributed by atoms with Crippen molar-refractivity contribution in [2.45, 2.75) is 38.0 Å². The summed E-state index contributed by atoms with van der Waals surface area (Å²) in [6.45, 7) is 3.52. The van der Waals surface area contributed by atoms with Crippen LogP contribution in [0.1, 0.15) is 25.8 Å². The molecule has 0 aromatic heterocycles. The third-order valence-electron chi connectivity index (χ3n) is 4.89. The van der Waals surface area contributed by atoms with E-state index >= 15 is 0 Å². The van der Waals surface area contributed by atoms with E-state index in [0.29, 0.717) is 16.9 Å². The highest BCUT2D eigenvalue weighted by Crippen LogP contribution is 2.45. The number of hydrogen-bond donors (Lipinski definition) is 4. The Bertz CT molecular complexity index is 690. The van der Waals surface area contributed by atoms with Crippen LogP contribution in [0.5, 0.6) is 0 Å². The first-order valence-corrected chi connectivity index (χ1v) is 8.11. The molecule has 2 amide bonds. The molecular weight excluding hydrogens is 310 g/mol. The molecule has 7 nitrogen and oxygen atoms in total. The average molecular weight is 333 g/mol. The number of nitrogens with one attached hydrogen (secondary N) is 2. The van der Waals surface area contributed by atoms with E-state index in [2.05, 4.69) is 10.6 Å². The maximum absolute atomic E-state index is 12.7. The lowest BCUT2D eigenvalue weighted by Crippen LogP contribution is -2.52. The van der Waals surface area contributed by atoms with Crippen LogP contribution in [0.2, 0.25) is 0 Å². The zero-order valence-electron chi connectivity index (χ0n) is 14.0. The molecule has 2 aliphatic heterocycles. The van der Waals surface area contributed by atoms with Crippen LogP contribution in [0.25, 0.3) is 0 Å². The highest BCUT2D eigenvalue weighted by Gasteiger charge is 2.50. The van der Waals surface area contributed by atoms with Crippen molar-refractivity contribution in [3.05, 3.63) is 23.8 Å². The first kappa shape index (κ1) is 16.7. The van der Waals surface area contributed by atoms with Gasteiger partial charge in [-0.15, -0.1) is 0 Å². The number of nitrogens with zero attached hydrogens (tertiary/aromatic N) is 1. The van der Waals surface area contributed by atoms with Crippen molar-refractivity contribution in [1.29, 1.82) is 0 Å². The summed E-state index contributed by atoms with van der Waals surface area (Å²) in [5.41, 5.74) is -0.133. The van der Waals surface area contributed by atoms with E-state index < -0.39 is 23.6 Å². The van der Waals surface area contributed by atoms with Gasteiger partial charge in [0.25, 0.3) is 5.91 Å². The molecule has 0 bridgehead atoms. The Hall–Kier alpha value is -2.12. The molecule has 0 aliphatic carbocycles. The van der Waals surface area contributed by atoms with Crippen LogP contribution < -0.4 is 15.5 Å². The molecule has 7 heteroatoms. The van der Waals surface area contributed by atoms with Gasteiger partial charge < -0.3 is 25.7 Å². The number of benzene rings is 1. The summed E-state index contributed by atoms with van der Waals surface area (Å²) >= 11 is 0. The summed E-state index contributed by atoms with van der Waals surface area (Å²) in [6, 6.07) is 4.12. The lowest BCUT2D eigenvalue weighted by Gasteiger charge is -2.33. The molecule has 3 atom stereocenters. The number of amides is 2. The molecule has 1 aromatic carbocycles. The number of rotatable bonds is 2. The first-order chi connectivity index (χ1) is 11.3. The zero-order valence-corrected chi connectivity index (χ0v) is 14.0. The standard InChI is InChI=1S/C17H23N3O4/c1-9(2)14-15(22)18-10(8-21)7-17(24)13-11(19-16(17)23)5-4-6-12(13)20(14)3/h4-6,9-10,14,21,24H,7-8H2,1-3H3,(H,18,22)(H,19,23). The van der Waals surface area contributed by atoms with Crippen LogP contribution in [0, 0.1) is 5.92 Å². The SMILES string of the molecule is CC(C)C1C(=O)NC(CO)CC2(O)C(=O)Nc3cccc(c32)N1C. The van der Waals surface area contributed by atoms with Gasteiger partial charge in [-0.25, -0.2) is 0 Å². The van der Waals surface area contributed by atoms with E-state index in [1.807, 2.05) is 13.8 Å². The summed E-state index contributed by atoms with van der Waals surface area (Å²) < 4.78 is 0. The van der Waals surface area contributed by atoms with Crippen molar-refractivity contribution < 1.29 is 19.8 Å². The Balaban J connectivity index is 2.23. The van der Waals surface area contributed by atoms with Crippen molar-refractivity contribution in [2.24, 2.45) is 5.92 Å². The van der Waals surface area contributed by atoms with Gasteiger partial charge in [0.2, 0.25) is 5.91 Å². The van der Waals surface area contributed by atoms with Gasteiger partial charge in [-0.05, 0) is 18.1 Å². The second kappa shape index (κ2) is 5.75. The fourth-order valence-electron chi connectivity index (χ4n) is 3.79. The lowest BCUT2D eigenvalue weighted by atomic mass is 9.87. The molecule has 24 heavy (non-hydrogen) atoms. The molecule has 1 aromatic rings. The van der Waals surface area contributed by atoms with Crippen LogP contribution in [-0.2, 0) is 15.2 Å². The maximum atomic E-state index is 12.7. The number of carbonyl (C=O) groups excluding carboxylic acids is 2. The number of carbonyl (C=O) groups is 2. The van der Waals surface area contributed by atoms with Crippen molar-refractivity contribution in [3.63, 3.8) is 0 Å². The van der Waals surface area contributed by atoms with Crippen LogP contribution in [0.15, 0.2) is 18.2 Å². The predicted octanol–water partition coefficient (Wildman–Crippen LogP) is 0.168. The molecule has 3 rings (SSSR count). The minimum absolute atomic E-state index is 0.00135. The molecule has 0 spiro atoms. The van der Waals surface area contributed by atoms with E-state index in [-0.39, 0.29) is 24.9 Å². The summed E-state index contributed by atoms with van der Waals surface area (Å²) in [7, 11) is 1.78. The van der Waals surface area contributed by atoms with E-state index in [1.54, 1.807) is 30.1 Å².